The topological polar surface area (TPSA) is 46.0 Å². The number of aromatic amines is 1. The van der Waals surface area contributed by atoms with Crippen molar-refractivity contribution in [3.63, 3.8) is 0 Å². The summed E-state index contributed by atoms with van der Waals surface area (Å²) in [6.45, 7) is 1.93. The van der Waals surface area contributed by atoms with E-state index < -0.39 is 0 Å². The van der Waals surface area contributed by atoms with Crippen LogP contribution in [0.15, 0.2) is 51.9 Å². The summed E-state index contributed by atoms with van der Waals surface area (Å²) < 4.78 is 5.36. The predicted octanol–water partition coefficient (Wildman–Crippen LogP) is 3.10. The van der Waals surface area contributed by atoms with E-state index in [1.165, 1.54) is 0 Å². The number of furan rings is 1. The lowest BCUT2D eigenvalue weighted by atomic mass is 10.1. The number of aryl methyl sites for hydroxylation is 1. The van der Waals surface area contributed by atoms with Gasteiger partial charge in [-0.1, -0.05) is 0 Å². The van der Waals surface area contributed by atoms with Gasteiger partial charge in [0, 0.05) is 22.5 Å². The number of hydrogen-bond acceptors (Lipinski definition) is 2. The maximum Gasteiger partial charge on any atom is 0.248 e. The molecular formula is C14H11NO2. The summed E-state index contributed by atoms with van der Waals surface area (Å²) >= 11 is 0. The van der Waals surface area contributed by atoms with Crippen molar-refractivity contribution in [3.8, 4) is 11.3 Å². The Morgan fingerprint density at radius 2 is 2.06 bits per heavy atom. The molecule has 3 rings (SSSR count). The molecule has 84 valence electrons. The minimum Gasteiger partial charge on any atom is -0.464 e. The number of hydrogen-bond donors (Lipinski definition) is 1. The minimum atomic E-state index is -0.0688. The van der Waals surface area contributed by atoms with Crippen LogP contribution in [0.2, 0.25) is 0 Å². The lowest BCUT2D eigenvalue weighted by molar-refractivity contribution is 0.582. The summed E-state index contributed by atoms with van der Waals surface area (Å²) in [4.78, 5) is 14.2. The molecule has 3 nitrogen and oxygen atoms in total. The van der Waals surface area contributed by atoms with Crippen molar-refractivity contribution in [2.24, 2.45) is 0 Å². The molecule has 0 bridgehead atoms. The highest BCUT2D eigenvalue weighted by Crippen LogP contribution is 2.24. The Bertz CT molecular complexity index is 724. The lowest BCUT2D eigenvalue weighted by Crippen LogP contribution is -2.04. The zero-order valence-electron chi connectivity index (χ0n) is 9.36. The quantitative estimate of drug-likeness (QED) is 0.691. The van der Waals surface area contributed by atoms with Crippen LogP contribution in [0.1, 0.15) is 5.56 Å². The Morgan fingerprint density at radius 1 is 1.18 bits per heavy atom. The highest BCUT2D eigenvalue weighted by atomic mass is 16.3. The Balaban J connectivity index is 2.30. The Morgan fingerprint density at radius 3 is 2.82 bits per heavy atom. The fraction of sp³-hybridized carbons (Fsp3) is 0.0714. The second-order valence-electron chi connectivity index (χ2n) is 4.05. The van der Waals surface area contributed by atoms with Crippen molar-refractivity contribution in [2.45, 2.75) is 6.92 Å². The van der Waals surface area contributed by atoms with Crippen LogP contribution in [0.25, 0.3) is 22.2 Å². The number of pyridine rings is 1. The van der Waals surface area contributed by atoms with Crippen LogP contribution in [-0.2, 0) is 0 Å². The summed E-state index contributed by atoms with van der Waals surface area (Å²) in [5.41, 5.74) is 2.76. The van der Waals surface area contributed by atoms with E-state index in [0.29, 0.717) is 0 Å². The van der Waals surface area contributed by atoms with Gasteiger partial charge in [0.2, 0.25) is 5.56 Å². The molecule has 0 amide bonds. The first-order valence-electron chi connectivity index (χ1n) is 5.41. The standard InChI is InChI=1S/C14H11NO2/c1-9-7-14(16)15-12-5-4-10(8-11(9)12)13-3-2-6-17-13/h2-8H,1H3,(H,15,16). The fourth-order valence-corrected chi connectivity index (χ4v) is 2.02. The summed E-state index contributed by atoms with van der Waals surface area (Å²) in [7, 11) is 0. The van der Waals surface area contributed by atoms with Gasteiger partial charge < -0.3 is 9.40 Å². The van der Waals surface area contributed by atoms with Gasteiger partial charge in [0.1, 0.15) is 5.76 Å². The molecule has 3 heteroatoms. The van der Waals surface area contributed by atoms with Gasteiger partial charge in [-0.2, -0.15) is 0 Å². The molecule has 0 atom stereocenters. The molecule has 0 fully saturated rings. The molecule has 0 aliphatic carbocycles. The third-order valence-corrected chi connectivity index (χ3v) is 2.86. The van der Waals surface area contributed by atoms with Gasteiger partial charge in [0.05, 0.1) is 6.26 Å². The molecule has 2 heterocycles. The van der Waals surface area contributed by atoms with Gasteiger partial charge in [0.15, 0.2) is 0 Å². The largest absolute Gasteiger partial charge is 0.464 e. The van der Waals surface area contributed by atoms with Crippen molar-refractivity contribution in [1.29, 1.82) is 0 Å². The summed E-state index contributed by atoms with van der Waals surface area (Å²) in [5, 5.41) is 1.04. The zero-order valence-corrected chi connectivity index (χ0v) is 9.36. The van der Waals surface area contributed by atoms with E-state index in [9.17, 15) is 4.79 Å². The number of fused-ring (bicyclic) bond motifs is 1. The molecule has 0 radical (unpaired) electrons. The number of nitrogens with one attached hydrogen (secondary N) is 1. The maximum atomic E-state index is 11.3. The molecular weight excluding hydrogens is 214 g/mol. The van der Waals surface area contributed by atoms with Crippen molar-refractivity contribution in [3.05, 3.63) is 58.6 Å². The first kappa shape index (κ1) is 9.90. The SMILES string of the molecule is Cc1cc(=O)[nH]c2ccc(-c3ccco3)cc12. The summed E-state index contributed by atoms with van der Waals surface area (Å²) in [6.07, 6.45) is 1.65. The molecule has 2 aromatic heterocycles. The van der Waals surface area contributed by atoms with Crippen molar-refractivity contribution >= 4 is 10.9 Å². The summed E-state index contributed by atoms with van der Waals surface area (Å²) in [6, 6.07) is 11.3. The van der Waals surface area contributed by atoms with E-state index in [-0.39, 0.29) is 5.56 Å². The van der Waals surface area contributed by atoms with Crippen LogP contribution in [0.5, 0.6) is 0 Å². The van der Waals surface area contributed by atoms with E-state index >= 15 is 0 Å². The van der Waals surface area contributed by atoms with Crippen LogP contribution in [0.3, 0.4) is 0 Å². The van der Waals surface area contributed by atoms with Gasteiger partial charge in [-0.3, -0.25) is 4.79 Å². The Hall–Kier alpha value is -2.29. The van der Waals surface area contributed by atoms with Crippen LogP contribution in [0.4, 0.5) is 0 Å². The molecule has 0 aliphatic rings. The van der Waals surface area contributed by atoms with E-state index in [1.807, 2.05) is 37.3 Å². The van der Waals surface area contributed by atoms with Crippen molar-refractivity contribution in [2.75, 3.05) is 0 Å². The Kier molecular flexibility index (Phi) is 2.11. The number of benzene rings is 1. The van der Waals surface area contributed by atoms with Crippen LogP contribution in [-0.4, -0.2) is 4.98 Å². The van der Waals surface area contributed by atoms with Gasteiger partial charge in [0.25, 0.3) is 0 Å². The average Bonchev–Trinajstić information content (AvgIpc) is 2.82. The van der Waals surface area contributed by atoms with Crippen LogP contribution in [0, 0.1) is 6.92 Å². The normalized spacial score (nSPS) is 10.9. The van der Waals surface area contributed by atoms with Gasteiger partial charge in [-0.05, 0) is 42.8 Å². The monoisotopic (exact) mass is 225 g/mol. The predicted molar refractivity (Wildman–Crippen MR) is 67.0 cm³/mol. The van der Waals surface area contributed by atoms with E-state index in [2.05, 4.69) is 4.98 Å². The van der Waals surface area contributed by atoms with E-state index in [1.54, 1.807) is 12.3 Å². The molecule has 0 aliphatic heterocycles. The molecule has 0 spiro atoms. The fourth-order valence-electron chi connectivity index (χ4n) is 2.02. The van der Waals surface area contributed by atoms with Crippen LogP contribution >= 0.6 is 0 Å². The number of aromatic nitrogens is 1. The molecule has 1 aromatic carbocycles. The van der Waals surface area contributed by atoms with Crippen molar-refractivity contribution < 1.29 is 4.42 Å². The smallest absolute Gasteiger partial charge is 0.248 e. The minimum absolute atomic E-state index is 0.0688. The van der Waals surface area contributed by atoms with Gasteiger partial charge in [-0.15, -0.1) is 0 Å². The van der Waals surface area contributed by atoms with Crippen molar-refractivity contribution in [1.82, 2.24) is 4.98 Å². The molecule has 0 saturated carbocycles. The zero-order chi connectivity index (χ0) is 11.8. The van der Waals surface area contributed by atoms with E-state index in [4.69, 9.17) is 4.42 Å². The highest BCUT2D eigenvalue weighted by Gasteiger charge is 2.04. The third kappa shape index (κ3) is 1.65. The Labute approximate surface area is 97.7 Å². The molecule has 3 aromatic rings. The summed E-state index contributed by atoms with van der Waals surface area (Å²) in [5.74, 6) is 0.831. The molecule has 1 N–H and O–H groups in total. The molecule has 17 heavy (non-hydrogen) atoms. The maximum absolute atomic E-state index is 11.3. The molecule has 0 saturated heterocycles. The number of rotatable bonds is 1. The lowest BCUT2D eigenvalue weighted by Gasteiger charge is -2.03. The third-order valence-electron chi connectivity index (χ3n) is 2.86. The second kappa shape index (κ2) is 3.63. The number of H-pyrrole nitrogens is 1. The van der Waals surface area contributed by atoms with Gasteiger partial charge >= 0.3 is 0 Å². The first-order chi connectivity index (χ1) is 8.24. The van der Waals surface area contributed by atoms with Gasteiger partial charge in [-0.25, -0.2) is 0 Å². The average molecular weight is 225 g/mol. The highest BCUT2D eigenvalue weighted by molar-refractivity contribution is 5.86. The van der Waals surface area contributed by atoms with Crippen LogP contribution < -0.4 is 5.56 Å². The first-order valence-corrected chi connectivity index (χ1v) is 5.41. The second-order valence-corrected chi connectivity index (χ2v) is 4.05. The van der Waals surface area contributed by atoms with E-state index in [0.717, 1.165) is 27.8 Å². The molecule has 0 unspecified atom stereocenters.